The van der Waals surface area contributed by atoms with Gasteiger partial charge in [-0.2, -0.15) is 0 Å². The first-order valence-corrected chi connectivity index (χ1v) is 2.98. The fraction of sp³-hybridized carbons (Fsp3) is 0. The highest BCUT2D eigenvalue weighted by molar-refractivity contribution is 7.12. The third kappa shape index (κ3) is 0.869. The summed E-state index contributed by atoms with van der Waals surface area (Å²) in [5, 5.41) is 1.78. The van der Waals surface area contributed by atoms with Gasteiger partial charge in [0.2, 0.25) is 0 Å². The Hall–Kier alpha value is -0.830. The average molecular weight is 126 g/mol. The van der Waals surface area contributed by atoms with E-state index in [4.69, 9.17) is 5.73 Å². The molecule has 1 rings (SSSR count). The number of thiophene rings is 1. The Morgan fingerprint density at radius 2 is 2.50 bits per heavy atom. The molecule has 1 aromatic rings. The first kappa shape index (κ1) is 5.31. The lowest BCUT2D eigenvalue weighted by Gasteiger charge is -1.78. The van der Waals surface area contributed by atoms with Gasteiger partial charge in [0.25, 0.3) is 5.91 Å². The van der Waals surface area contributed by atoms with Crippen LogP contribution in [0.4, 0.5) is 0 Å². The van der Waals surface area contributed by atoms with Crippen LogP contribution in [0.15, 0.2) is 17.5 Å². The van der Waals surface area contributed by atoms with Crippen molar-refractivity contribution in [1.82, 2.24) is 5.73 Å². The summed E-state index contributed by atoms with van der Waals surface area (Å²) in [5.41, 5.74) is 6.61. The van der Waals surface area contributed by atoms with Crippen LogP contribution in [0.5, 0.6) is 0 Å². The molecule has 0 spiro atoms. The number of amides is 1. The van der Waals surface area contributed by atoms with Crippen molar-refractivity contribution in [3.8, 4) is 0 Å². The lowest BCUT2D eigenvalue weighted by Crippen LogP contribution is -1.92. The van der Waals surface area contributed by atoms with E-state index in [-0.39, 0.29) is 0 Å². The molecule has 1 aromatic heterocycles. The van der Waals surface area contributed by atoms with Gasteiger partial charge in [0.05, 0.1) is 4.88 Å². The van der Waals surface area contributed by atoms with Gasteiger partial charge in [-0.25, -0.2) is 0 Å². The number of carbonyl (C=O) groups is 1. The molecule has 0 aliphatic rings. The standard InChI is InChI=1S/C5H4NOS/c6-5(7)4-2-1-3-8-4/h1-3,6H. The van der Waals surface area contributed by atoms with E-state index in [1.54, 1.807) is 17.5 Å². The van der Waals surface area contributed by atoms with Crippen molar-refractivity contribution in [2.45, 2.75) is 0 Å². The van der Waals surface area contributed by atoms with E-state index in [0.717, 1.165) is 0 Å². The molecule has 8 heavy (non-hydrogen) atoms. The third-order valence-electron chi connectivity index (χ3n) is 0.745. The van der Waals surface area contributed by atoms with Crippen LogP contribution in [0.3, 0.4) is 0 Å². The highest BCUT2D eigenvalue weighted by atomic mass is 32.1. The van der Waals surface area contributed by atoms with E-state index >= 15 is 0 Å². The second-order valence-corrected chi connectivity index (χ2v) is 2.25. The highest BCUT2D eigenvalue weighted by Gasteiger charge is 1.97. The van der Waals surface area contributed by atoms with Gasteiger partial charge in [-0.3, -0.25) is 10.5 Å². The summed E-state index contributed by atoms with van der Waals surface area (Å²) < 4.78 is 0. The maximum Gasteiger partial charge on any atom is 0.279 e. The topological polar surface area (TPSA) is 40.9 Å². The van der Waals surface area contributed by atoms with Gasteiger partial charge in [-0.15, -0.1) is 11.3 Å². The maximum absolute atomic E-state index is 10.2. The van der Waals surface area contributed by atoms with Gasteiger partial charge >= 0.3 is 0 Å². The van der Waals surface area contributed by atoms with Crippen molar-refractivity contribution in [2.75, 3.05) is 0 Å². The molecule has 1 radical (unpaired) electrons. The van der Waals surface area contributed by atoms with Gasteiger partial charge in [0.15, 0.2) is 0 Å². The van der Waals surface area contributed by atoms with Crippen LogP contribution in [-0.2, 0) is 0 Å². The molecule has 2 nitrogen and oxygen atoms in total. The SMILES string of the molecule is [NH]C(=O)c1cccs1. The fourth-order valence-electron chi connectivity index (χ4n) is 0.408. The van der Waals surface area contributed by atoms with Gasteiger partial charge in [0, 0.05) is 0 Å². The predicted molar refractivity (Wildman–Crippen MR) is 31.7 cm³/mol. The lowest BCUT2D eigenvalue weighted by molar-refractivity contribution is 0.0996. The predicted octanol–water partition coefficient (Wildman–Crippen LogP) is 1.17. The molecular formula is C5H4NOS. The molecule has 41 valence electrons. The van der Waals surface area contributed by atoms with Gasteiger partial charge in [-0.1, -0.05) is 6.07 Å². The monoisotopic (exact) mass is 126 g/mol. The normalized spacial score (nSPS) is 9.00. The van der Waals surface area contributed by atoms with E-state index in [2.05, 4.69) is 0 Å². The summed E-state index contributed by atoms with van der Waals surface area (Å²) in [6, 6.07) is 3.40. The molecule has 0 bridgehead atoms. The Morgan fingerprint density at radius 3 is 2.75 bits per heavy atom. The van der Waals surface area contributed by atoms with Crippen LogP contribution in [0.1, 0.15) is 9.67 Å². The smallest absolute Gasteiger partial charge is 0.266 e. The largest absolute Gasteiger partial charge is 0.279 e. The van der Waals surface area contributed by atoms with Crippen LogP contribution in [-0.4, -0.2) is 5.91 Å². The van der Waals surface area contributed by atoms with Crippen molar-refractivity contribution >= 4 is 17.2 Å². The van der Waals surface area contributed by atoms with E-state index in [1.165, 1.54) is 11.3 Å². The summed E-state index contributed by atoms with van der Waals surface area (Å²) >= 11 is 1.29. The van der Waals surface area contributed by atoms with E-state index in [0.29, 0.717) is 4.88 Å². The molecule has 0 aliphatic heterocycles. The zero-order valence-corrected chi connectivity index (χ0v) is 4.87. The van der Waals surface area contributed by atoms with Gasteiger partial charge in [0.1, 0.15) is 0 Å². The van der Waals surface area contributed by atoms with Crippen LogP contribution in [0.2, 0.25) is 0 Å². The summed E-state index contributed by atoms with van der Waals surface area (Å²) in [5.74, 6) is -0.597. The molecule has 0 unspecified atom stereocenters. The molecule has 1 N–H and O–H groups in total. The molecule has 0 aromatic carbocycles. The fourth-order valence-corrected chi connectivity index (χ4v) is 0.976. The van der Waals surface area contributed by atoms with Crippen molar-refractivity contribution < 1.29 is 4.79 Å². The van der Waals surface area contributed by atoms with E-state index < -0.39 is 5.91 Å². The van der Waals surface area contributed by atoms with Crippen LogP contribution in [0.25, 0.3) is 0 Å². The summed E-state index contributed by atoms with van der Waals surface area (Å²) in [7, 11) is 0. The highest BCUT2D eigenvalue weighted by Crippen LogP contribution is 2.06. The minimum absolute atomic E-state index is 0.505. The van der Waals surface area contributed by atoms with Crippen molar-refractivity contribution in [3.05, 3.63) is 22.4 Å². The Bertz CT molecular complexity index is 180. The summed E-state index contributed by atoms with van der Waals surface area (Å²) in [6.45, 7) is 0. The lowest BCUT2D eigenvalue weighted by atomic mass is 10.5. The average Bonchev–Trinajstić information content (AvgIpc) is 2.12. The molecule has 0 aliphatic carbocycles. The second-order valence-electron chi connectivity index (χ2n) is 1.31. The third-order valence-corrected chi connectivity index (χ3v) is 1.61. The molecule has 0 saturated carbocycles. The Balaban J connectivity index is 2.93. The van der Waals surface area contributed by atoms with Crippen molar-refractivity contribution in [2.24, 2.45) is 0 Å². The zero-order valence-electron chi connectivity index (χ0n) is 4.05. The van der Waals surface area contributed by atoms with Gasteiger partial charge in [-0.05, 0) is 11.4 Å². The van der Waals surface area contributed by atoms with E-state index in [1.807, 2.05) is 0 Å². The molecule has 1 heterocycles. The minimum Gasteiger partial charge on any atom is -0.266 e. The molecule has 0 fully saturated rings. The van der Waals surface area contributed by atoms with Crippen LogP contribution in [0, 0.1) is 0 Å². The molecule has 1 amide bonds. The minimum atomic E-state index is -0.597. The number of hydrogen-bond acceptors (Lipinski definition) is 2. The molecule has 0 atom stereocenters. The second kappa shape index (κ2) is 1.96. The summed E-state index contributed by atoms with van der Waals surface area (Å²) in [6.07, 6.45) is 0. The summed E-state index contributed by atoms with van der Waals surface area (Å²) in [4.78, 5) is 10.7. The Morgan fingerprint density at radius 1 is 1.75 bits per heavy atom. The number of rotatable bonds is 1. The molecular weight excluding hydrogens is 122 g/mol. The number of nitrogens with one attached hydrogen (secondary N) is 1. The maximum atomic E-state index is 10.2. The van der Waals surface area contributed by atoms with Crippen molar-refractivity contribution in [3.63, 3.8) is 0 Å². The van der Waals surface area contributed by atoms with Gasteiger partial charge < -0.3 is 0 Å². The van der Waals surface area contributed by atoms with Crippen LogP contribution >= 0.6 is 11.3 Å². The Labute approximate surface area is 50.9 Å². The quantitative estimate of drug-likeness (QED) is 0.556. The Kier molecular flexibility index (Phi) is 1.30. The first-order valence-electron chi connectivity index (χ1n) is 2.10. The molecule has 3 heteroatoms. The number of hydrogen-bond donors (Lipinski definition) is 0. The zero-order chi connectivity index (χ0) is 5.98. The molecule has 0 saturated heterocycles. The first-order chi connectivity index (χ1) is 3.80. The van der Waals surface area contributed by atoms with E-state index in [9.17, 15) is 4.79 Å². The number of carbonyl (C=O) groups excluding carboxylic acids is 1. The van der Waals surface area contributed by atoms with Crippen LogP contribution < -0.4 is 5.73 Å². The van der Waals surface area contributed by atoms with Crippen molar-refractivity contribution in [1.29, 1.82) is 0 Å².